The van der Waals surface area contributed by atoms with Crippen molar-refractivity contribution in [3.05, 3.63) is 71.6 Å². The monoisotopic (exact) mass is 301 g/mol. The molecule has 21 heavy (non-hydrogen) atoms. The highest BCUT2D eigenvalue weighted by atomic mass is 35.5. The van der Waals surface area contributed by atoms with E-state index >= 15 is 0 Å². The lowest BCUT2D eigenvalue weighted by Gasteiger charge is -2.09. The van der Waals surface area contributed by atoms with Gasteiger partial charge in [-0.1, -0.05) is 23.7 Å². The SMILES string of the molecule is Fc1ccc(-c2n[c]ncc2-c2ccc(Cl)cc2)c(F)c1. The summed E-state index contributed by atoms with van der Waals surface area (Å²) in [4.78, 5) is 7.86. The first-order chi connectivity index (χ1) is 10.1. The normalized spacial score (nSPS) is 10.6. The van der Waals surface area contributed by atoms with E-state index < -0.39 is 11.6 Å². The van der Waals surface area contributed by atoms with Crippen molar-refractivity contribution in [3.63, 3.8) is 0 Å². The van der Waals surface area contributed by atoms with Gasteiger partial charge in [-0.2, -0.15) is 0 Å². The molecule has 5 heteroatoms. The van der Waals surface area contributed by atoms with Gasteiger partial charge in [0, 0.05) is 28.4 Å². The molecule has 0 saturated carbocycles. The second-order valence-electron chi connectivity index (χ2n) is 4.36. The lowest BCUT2D eigenvalue weighted by atomic mass is 10.0. The van der Waals surface area contributed by atoms with Crippen molar-refractivity contribution in [1.29, 1.82) is 0 Å². The molecule has 103 valence electrons. The zero-order valence-electron chi connectivity index (χ0n) is 10.6. The largest absolute Gasteiger partial charge is 0.233 e. The molecule has 0 aliphatic heterocycles. The van der Waals surface area contributed by atoms with Crippen LogP contribution in [0.1, 0.15) is 0 Å². The van der Waals surface area contributed by atoms with E-state index in [9.17, 15) is 8.78 Å². The molecule has 1 heterocycles. The summed E-state index contributed by atoms with van der Waals surface area (Å²) >= 11 is 5.86. The molecule has 0 spiro atoms. The van der Waals surface area contributed by atoms with Crippen molar-refractivity contribution in [2.75, 3.05) is 0 Å². The number of rotatable bonds is 2. The van der Waals surface area contributed by atoms with E-state index in [1.165, 1.54) is 18.3 Å². The lowest BCUT2D eigenvalue weighted by Crippen LogP contribution is -1.94. The molecule has 0 N–H and O–H groups in total. The van der Waals surface area contributed by atoms with Crippen LogP contribution in [0.25, 0.3) is 22.4 Å². The van der Waals surface area contributed by atoms with Crippen LogP contribution in [-0.4, -0.2) is 9.97 Å². The minimum atomic E-state index is -0.683. The number of hydrogen-bond donors (Lipinski definition) is 0. The number of halogens is 3. The Hall–Kier alpha value is -2.33. The van der Waals surface area contributed by atoms with Crippen LogP contribution in [0.15, 0.2) is 48.7 Å². The van der Waals surface area contributed by atoms with Gasteiger partial charge >= 0.3 is 0 Å². The second-order valence-corrected chi connectivity index (χ2v) is 4.80. The molecule has 1 aromatic heterocycles. The third-order valence-electron chi connectivity index (χ3n) is 3.01. The van der Waals surface area contributed by atoms with Crippen molar-refractivity contribution < 1.29 is 8.78 Å². The fourth-order valence-corrected chi connectivity index (χ4v) is 2.15. The Morgan fingerprint density at radius 2 is 1.71 bits per heavy atom. The number of hydrogen-bond acceptors (Lipinski definition) is 2. The van der Waals surface area contributed by atoms with Crippen LogP contribution in [0, 0.1) is 18.0 Å². The van der Waals surface area contributed by atoms with E-state index in [1.807, 2.05) is 0 Å². The van der Waals surface area contributed by atoms with Crippen LogP contribution in [0.3, 0.4) is 0 Å². The van der Waals surface area contributed by atoms with E-state index in [-0.39, 0.29) is 5.56 Å². The number of nitrogens with zero attached hydrogens (tertiary/aromatic N) is 2. The molecular formula is C16H8ClF2N2. The van der Waals surface area contributed by atoms with Crippen LogP contribution >= 0.6 is 11.6 Å². The van der Waals surface area contributed by atoms with Crippen molar-refractivity contribution >= 4 is 11.6 Å². The second kappa shape index (κ2) is 5.58. The molecule has 0 bridgehead atoms. The third kappa shape index (κ3) is 2.76. The van der Waals surface area contributed by atoms with Crippen molar-refractivity contribution in [2.45, 2.75) is 0 Å². The summed E-state index contributed by atoms with van der Waals surface area (Å²) in [6.45, 7) is 0. The van der Waals surface area contributed by atoms with Gasteiger partial charge in [0.05, 0.1) is 5.69 Å². The van der Waals surface area contributed by atoms with E-state index in [1.54, 1.807) is 24.3 Å². The first-order valence-electron chi connectivity index (χ1n) is 6.09. The van der Waals surface area contributed by atoms with Gasteiger partial charge in [-0.05, 0) is 29.8 Å². The molecule has 1 radical (unpaired) electrons. The highest BCUT2D eigenvalue weighted by Crippen LogP contribution is 2.31. The average Bonchev–Trinajstić information content (AvgIpc) is 2.48. The molecule has 3 aromatic rings. The Morgan fingerprint density at radius 3 is 2.43 bits per heavy atom. The summed E-state index contributed by atoms with van der Waals surface area (Å²) < 4.78 is 27.0. The van der Waals surface area contributed by atoms with Crippen molar-refractivity contribution in [3.8, 4) is 22.4 Å². The summed E-state index contributed by atoms with van der Waals surface area (Å²) in [5.74, 6) is -1.32. The zero-order chi connectivity index (χ0) is 14.8. The predicted octanol–water partition coefficient (Wildman–Crippen LogP) is 4.54. The lowest BCUT2D eigenvalue weighted by molar-refractivity contribution is 0.585. The van der Waals surface area contributed by atoms with Gasteiger partial charge in [0.1, 0.15) is 11.6 Å². The van der Waals surface area contributed by atoms with Gasteiger partial charge in [-0.3, -0.25) is 0 Å². The summed E-state index contributed by atoms with van der Waals surface area (Å²) in [6, 6.07) is 10.4. The topological polar surface area (TPSA) is 25.8 Å². The summed E-state index contributed by atoms with van der Waals surface area (Å²) in [5, 5.41) is 0.594. The van der Waals surface area contributed by atoms with Gasteiger partial charge in [0.25, 0.3) is 0 Å². The molecule has 0 fully saturated rings. The molecule has 0 amide bonds. The maximum atomic E-state index is 14.0. The van der Waals surface area contributed by atoms with Crippen LogP contribution in [-0.2, 0) is 0 Å². The van der Waals surface area contributed by atoms with Gasteiger partial charge in [0.2, 0.25) is 0 Å². The average molecular weight is 302 g/mol. The van der Waals surface area contributed by atoms with Crippen molar-refractivity contribution in [1.82, 2.24) is 9.97 Å². The third-order valence-corrected chi connectivity index (χ3v) is 3.26. The number of aromatic nitrogens is 2. The smallest absolute Gasteiger partial charge is 0.198 e. The predicted molar refractivity (Wildman–Crippen MR) is 76.7 cm³/mol. The highest BCUT2D eigenvalue weighted by Gasteiger charge is 2.14. The minimum absolute atomic E-state index is 0.194. The minimum Gasteiger partial charge on any atom is -0.233 e. The summed E-state index contributed by atoms with van der Waals surface area (Å²) in [5.41, 5.74) is 1.95. The fourth-order valence-electron chi connectivity index (χ4n) is 2.02. The molecule has 0 unspecified atom stereocenters. The van der Waals surface area contributed by atoms with Crippen LogP contribution in [0.5, 0.6) is 0 Å². The van der Waals surface area contributed by atoms with Crippen molar-refractivity contribution in [2.24, 2.45) is 0 Å². The maximum Gasteiger partial charge on any atom is 0.198 e. The Morgan fingerprint density at radius 1 is 0.952 bits per heavy atom. The maximum absolute atomic E-state index is 14.0. The Balaban J connectivity index is 2.18. The summed E-state index contributed by atoms with van der Waals surface area (Å²) in [6.07, 6.45) is 3.97. The van der Waals surface area contributed by atoms with Gasteiger partial charge in [0.15, 0.2) is 6.33 Å². The van der Waals surface area contributed by atoms with Gasteiger partial charge in [-0.25, -0.2) is 18.7 Å². The van der Waals surface area contributed by atoms with Crippen LogP contribution < -0.4 is 0 Å². The van der Waals surface area contributed by atoms with E-state index in [4.69, 9.17) is 11.6 Å². The molecular weight excluding hydrogens is 294 g/mol. The van der Waals surface area contributed by atoms with E-state index in [0.29, 0.717) is 16.3 Å². The molecule has 2 nitrogen and oxygen atoms in total. The fraction of sp³-hybridized carbons (Fsp3) is 0. The molecule has 0 atom stereocenters. The molecule has 2 aromatic carbocycles. The Bertz CT molecular complexity index is 789. The Labute approximate surface area is 125 Å². The van der Waals surface area contributed by atoms with E-state index in [0.717, 1.165) is 11.6 Å². The highest BCUT2D eigenvalue weighted by molar-refractivity contribution is 6.30. The zero-order valence-corrected chi connectivity index (χ0v) is 11.4. The molecule has 3 rings (SSSR count). The molecule has 0 aliphatic carbocycles. The standard InChI is InChI=1S/C16H8ClF2N2/c17-11-3-1-10(2-4-11)14-8-20-9-21-16(14)13-6-5-12(18)7-15(13)19/h1-8H. The van der Waals surface area contributed by atoms with E-state index in [2.05, 4.69) is 16.3 Å². The quantitative estimate of drug-likeness (QED) is 0.694. The number of benzene rings is 2. The first kappa shape index (κ1) is 13.6. The van der Waals surface area contributed by atoms with Gasteiger partial charge in [-0.15, -0.1) is 0 Å². The first-order valence-corrected chi connectivity index (χ1v) is 6.47. The van der Waals surface area contributed by atoms with Gasteiger partial charge < -0.3 is 0 Å². The molecule has 0 aliphatic rings. The van der Waals surface area contributed by atoms with Crippen LogP contribution in [0.4, 0.5) is 8.78 Å². The van der Waals surface area contributed by atoms with Crippen LogP contribution in [0.2, 0.25) is 5.02 Å². The summed E-state index contributed by atoms with van der Waals surface area (Å²) in [7, 11) is 0. The molecule has 0 saturated heterocycles. The Kier molecular flexibility index (Phi) is 3.62.